The first kappa shape index (κ1) is 15.3. The van der Waals surface area contributed by atoms with Gasteiger partial charge in [-0.25, -0.2) is 4.79 Å². The number of carboxylic acids is 1. The molecule has 0 saturated heterocycles. The van der Waals surface area contributed by atoms with Crippen LogP contribution in [0.2, 0.25) is 0 Å². The van der Waals surface area contributed by atoms with Gasteiger partial charge in [-0.1, -0.05) is 19.3 Å². The van der Waals surface area contributed by atoms with Crippen LogP contribution in [0.25, 0.3) is 0 Å². The maximum atomic E-state index is 12.2. The van der Waals surface area contributed by atoms with Crippen molar-refractivity contribution in [3.63, 3.8) is 0 Å². The maximum Gasteiger partial charge on any atom is 0.372 e. The first-order valence-corrected chi connectivity index (χ1v) is 7.77. The number of aromatic nitrogens is 2. The summed E-state index contributed by atoms with van der Waals surface area (Å²) in [6.07, 6.45) is 10.5. The van der Waals surface area contributed by atoms with Crippen LogP contribution in [-0.4, -0.2) is 26.8 Å². The van der Waals surface area contributed by atoms with E-state index in [0.717, 1.165) is 12.8 Å². The summed E-state index contributed by atoms with van der Waals surface area (Å²) >= 11 is 0. The molecule has 2 aromatic heterocycles. The van der Waals surface area contributed by atoms with Crippen molar-refractivity contribution in [2.45, 2.75) is 44.7 Å². The Kier molecular flexibility index (Phi) is 4.45. The zero-order chi connectivity index (χ0) is 16.2. The molecular formula is C16H19N3O4. The zero-order valence-electron chi connectivity index (χ0n) is 12.7. The summed E-state index contributed by atoms with van der Waals surface area (Å²) in [6.45, 7) is 0.103. The second-order valence-electron chi connectivity index (χ2n) is 5.76. The second-order valence-corrected chi connectivity index (χ2v) is 5.76. The fourth-order valence-electron chi connectivity index (χ4n) is 2.94. The Hall–Kier alpha value is -2.57. The van der Waals surface area contributed by atoms with Gasteiger partial charge in [0.2, 0.25) is 5.76 Å². The van der Waals surface area contributed by atoms with Crippen molar-refractivity contribution in [2.75, 3.05) is 0 Å². The molecule has 7 nitrogen and oxygen atoms in total. The van der Waals surface area contributed by atoms with E-state index in [1.807, 2.05) is 4.68 Å². The van der Waals surface area contributed by atoms with Gasteiger partial charge in [0.05, 0.1) is 24.1 Å². The molecule has 2 N–H and O–H groups in total. The molecule has 122 valence electrons. The summed E-state index contributed by atoms with van der Waals surface area (Å²) in [6, 6.07) is 1.91. The van der Waals surface area contributed by atoms with Gasteiger partial charge < -0.3 is 14.8 Å². The van der Waals surface area contributed by atoms with Gasteiger partial charge in [-0.15, -0.1) is 0 Å². The first-order chi connectivity index (χ1) is 11.1. The smallest absolute Gasteiger partial charge is 0.372 e. The fraction of sp³-hybridized carbons (Fsp3) is 0.438. The Bertz CT molecular complexity index is 698. The molecule has 0 unspecified atom stereocenters. The molecule has 7 heteroatoms. The average Bonchev–Trinajstić information content (AvgIpc) is 3.22. The molecule has 3 rings (SSSR count). The van der Waals surface area contributed by atoms with Gasteiger partial charge in [-0.3, -0.25) is 9.48 Å². The molecule has 23 heavy (non-hydrogen) atoms. The zero-order valence-corrected chi connectivity index (χ0v) is 12.7. The van der Waals surface area contributed by atoms with Crippen LogP contribution in [0.3, 0.4) is 0 Å². The monoisotopic (exact) mass is 317 g/mol. The average molecular weight is 317 g/mol. The van der Waals surface area contributed by atoms with Crippen LogP contribution >= 0.6 is 0 Å². The van der Waals surface area contributed by atoms with E-state index in [9.17, 15) is 9.59 Å². The highest BCUT2D eigenvalue weighted by molar-refractivity contribution is 5.94. The molecule has 0 spiro atoms. The van der Waals surface area contributed by atoms with Gasteiger partial charge >= 0.3 is 5.97 Å². The molecule has 1 aliphatic rings. The number of nitrogens with zero attached hydrogens (tertiary/aromatic N) is 2. The number of carbonyl (C=O) groups excluding carboxylic acids is 1. The molecule has 0 radical (unpaired) electrons. The van der Waals surface area contributed by atoms with Crippen LogP contribution in [0.5, 0.6) is 0 Å². The number of nitrogens with one attached hydrogen (secondary N) is 1. The van der Waals surface area contributed by atoms with E-state index in [0.29, 0.717) is 17.2 Å². The molecule has 0 bridgehead atoms. The van der Waals surface area contributed by atoms with Gasteiger partial charge in [0.25, 0.3) is 5.91 Å². The highest BCUT2D eigenvalue weighted by atomic mass is 16.4. The van der Waals surface area contributed by atoms with Crippen LogP contribution < -0.4 is 5.32 Å². The Morgan fingerprint density at radius 3 is 2.87 bits per heavy atom. The number of carbonyl (C=O) groups is 2. The molecule has 1 amide bonds. The van der Waals surface area contributed by atoms with Crippen LogP contribution in [0, 0.1) is 0 Å². The van der Waals surface area contributed by atoms with Gasteiger partial charge in [0.1, 0.15) is 0 Å². The summed E-state index contributed by atoms with van der Waals surface area (Å²) in [5.74, 6) is -1.57. The van der Waals surface area contributed by atoms with Crippen LogP contribution in [0.1, 0.15) is 64.6 Å². The molecular weight excluding hydrogens is 298 g/mol. The Balaban J connectivity index is 1.61. The van der Waals surface area contributed by atoms with Crippen molar-refractivity contribution in [2.24, 2.45) is 0 Å². The van der Waals surface area contributed by atoms with Gasteiger partial charge in [0.15, 0.2) is 0 Å². The topological polar surface area (TPSA) is 97.4 Å². The summed E-state index contributed by atoms with van der Waals surface area (Å²) in [5.41, 5.74) is 0.918. The van der Waals surface area contributed by atoms with E-state index in [1.165, 1.54) is 31.6 Å². The Labute approximate surface area is 133 Å². The quantitative estimate of drug-likeness (QED) is 0.883. The molecule has 1 fully saturated rings. The lowest BCUT2D eigenvalue weighted by atomic mass is 9.96. The van der Waals surface area contributed by atoms with E-state index >= 15 is 0 Å². The summed E-state index contributed by atoms with van der Waals surface area (Å²) < 4.78 is 6.75. The number of furan rings is 1. The molecule has 2 aromatic rings. The van der Waals surface area contributed by atoms with E-state index in [2.05, 4.69) is 10.4 Å². The summed E-state index contributed by atoms with van der Waals surface area (Å²) in [7, 11) is 0. The molecule has 0 aliphatic heterocycles. The van der Waals surface area contributed by atoms with Crippen molar-refractivity contribution in [1.29, 1.82) is 0 Å². The summed E-state index contributed by atoms with van der Waals surface area (Å²) in [5, 5.41) is 16.0. The number of rotatable bonds is 5. The number of hydrogen-bond acceptors (Lipinski definition) is 4. The number of aromatic carboxylic acids is 1. The van der Waals surface area contributed by atoms with Gasteiger partial charge in [-0.05, 0) is 18.9 Å². The standard InChI is InChI=1S/C16H19N3O4/c20-15(17-8-11-6-7-23-14(11)16(21)22)12-9-18-19(10-12)13-4-2-1-3-5-13/h6-7,9-10,13H,1-5,8H2,(H,17,20)(H,21,22). The lowest BCUT2D eigenvalue weighted by molar-refractivity contribution is 0.0659. The van der Waals surface area contributed by atoms with Gasteiger partial charge in [0, 0.05) is 18.3 Å². The van der Waals surface area contributed by atoms with E-state index < -0.39 is 5.97 Å². The highest BCUT2D eigenvalue weighted by Crippen LogP contribution is 2.27. The van der Waals surface area contributed by atoms with Crippen molar-refractivity contribution >= 4 is 11.9 Å². The minimum atomic E-state index is -1.15. The summed E-state index contributed by atoms with van der Waals surface area (Å²) in [4.78, 5) is 23.1. The van der Waals surface area contributed by atoms with Crippen LogP contribution in [0.4, 0.5) is 0 Å². The van der Waals surface area contributed by atoms with Gasteiger partial charge in [-0.2, -0.15) is 5.10 Å². The maximum absolute atomic E-state index is 12.2. The van der Waals surface area contributed by atoms with Crippen molar-refractivity contribution in [1.82, 2.24) is 15.1 Å². The molecule has 2 heterocycles. The number of amides is 1. The third kappa shape index (κ3) is 3.44. The van der Waals surface area contributed by atoms with Crippen LogP contribution in [-0.2, 0) is 6.54 Å². The predicted molar refractivity (Wildman–Crippen MR) is 81.2 cm³/mol. The largest absolute Gasteiger partial charge is 0.475 e. The normalized spacial score (nSPS) is 15.5. The third-order valence-electron chi connectivity index (χ3n) is 4.19. The lowest BCUT2D eigenvalue weighted by Gasteiger charge is -2.21. The number of carboxylic acid groups (broad SMARTS) is 1. The van der Waals surface area contributed by atoms with Crippen molar-refractivity contribution in [3.05, 3.63) is 41.6 Å². The predicted octanol–water partition coefficient (Wildman–Crippen LogP) is 2.61. The second kappa shape index (κ2) is 6.68. The van der Waals surface area contributed by atoms with E-state index in [-0.39, 0.29) is 18.2 Å². The van der Waals surface area contributed by atoms with Crippen LogP contribution in [0.15, 0.2) is 29.1 Å². The molecule has 0 atom stereocenters. The van der Waals surface area contributed by atoms with E-state index in [1.54, 1.807) is 12.4 Å². The van der Waals surface area contributed by atoms with E-state index in [4.69, 9.17) is 9.52 Å². The minimum absolute atomic E-state index is 0.103. The molecule has 1 aliphatic carbocycles. The van der Waals surface area contributed by atoms with Crippen molar-refractivity contribution in [3.8, 4) is 0 Å². The Morgan fingerprint density at radius 2 is 2.13 bits per heavy atom. The Morgan fingerprint density at radius 1 is 1.35 bits per heavy atom. The SMILES string of the molecule is O=C(NCc1ccoc1C(=O)O)c1cnn(C2CCCCC2)c1. The molecule has 0 aromatic carbocycles. The number of hydrogen-bond donors (Lipinski definition) is 2. The molecule has 1 saturated carbocycles. The highest BCUT2D eigenvalue weighted by Gasteiger charge is 2.19. The van der Waals surface area contributed by atoms with Crippen molar-refractivity contribution < 1.29 is 19.1 Å². The fourth-order valence-corrected chi connectivity index (χ4v) is 2.94. The third-order valence-corrected chi connectivity index (χ3v) is 4.19. The lowest BCUT2D eigenvalue weighted by Crippen LogP contribution is -2.23. The minimum Gasteiger partial charge on any atom is -0.475 e. The first-order valence-electron chi connectivity index (χ1n) is 7.77.